The second-order valence-electron chi connectivity index (χ2n) is 4.21. The number of nitrogens with zero attached hydrogens (tertiary/aromatic N) is 2. The predicted molar refractivity (Wildman–Crippen MR) is 80.0 cm³/mol. The van der Waals surface area contributed by atoms with Crippen LogP contribution >= 0.6 is 11.6 Å². The minimum absolute atomic E-state index is 0.524. The molecule has 0 amide bonds. The lowest BCUT2D eigenvalue weighted by Crippen LogP contribution is -2.13. The molecule has 5 nitrogen and oxygen atoms in total. The van der Waals surface area contributed by atoms with E-state index in [4.69, 9.17) is 16.3 Å². The molecule has 0 fully saturated rings. The summed E-state index contributed by atoms with van der Waals surface area (Å²) in [6.45, 7) is 7.23. The van der Waals surface area contributed by atoms with Crippen LogP contribution in [0.1, 0.15) is 33.1 Å². The number of hydrogen-bond acceptors (Lipinski definition) is 5. The van der Waals surface area contributed by atoms with E-state index in [2.05, 4.69) is 34.4 Å². The van der Waals surface area contributed by atoms with Crippen LogP contribution in [0.5, 0.6) is 0 Å². The molecule has 0 saturated heterocycles. The van der Waals surface area contributed by atoms with Crippen molar-refractivity contribution < 1.29 is 4.74 Å². The van der Waals surface area contributed by atoms with Crippen molar-refractivity contribution in [1.29, 1.82) is 0 Å². The largest absolute Gasteiger partial charge is 0.380 e. The maximum atomic E-state index is 6.04. The van der Waals surface area contributed by atoms with Gasteiger partial charge in [-0.25, -0.2) is 4.98 Å². The lowest BCUT2D eigenvalue weighted by molar-refractivity contribution is 0.141. The normalized spacial score (nSPS) is 10.5. The molecule has 0 aliphatic heterocycles. The smallest absolute Gasteiger partial charge is 0.224 e. The van der Waals surface area contributed by atoms with Crippen molar-refractivity contribution in [3.05, 3.63) is 11.2 Å². The highest BCUT2D eigenvalue weighted by atomic mass is 35.5. The first kappa shape index (κ1) is 16.0. The lowest BCUT2D eigenvalue weighted by Gasteiger charge is -2.09. The number of rotatable bonds is 10. The van der Waals surface area contributed by atoms with Crippen molar-refractivity contribution in [1.82, 2.24) is 9.97 Å². The minimum Gasteiger partial charge on any atom is -0.380 e. The van der Waals surface area contributed by atoms with Crippen LogP contribution in [0.4, 0.5) is 11.8 Å². The molecule has 0 unspecified atom stereocenters. The average Bonchev–Trinajstić information content (AvgIpc) is 2.43. The number of hydrogen-bond donors (Lipinski definition) is 2. The number of anilines is 2. The zero-order valence-electron chi connectivity index (χ0n) is 11.7. The molecule has 0 saturated carbocycles. The van der Waals surface area contributed by atoms with Gasteiger partial charge < -0.3 is 15.4 Å². The highest BCUT2D eigenvalue weighted by Crippen LogP contribution is 2.18. The molecule has 0 aromatic carbocycles. The summed E-state index contributed by atoms with van der Waals surface area (Å²) in [5.41, 5.74) is 0. The predicted octanol–water partition coefficient (Wildman–Crippen LogP) is 3.18. The van der Waals surface area contributed by atoms with Gasteiger partial charge in [0, 0.05) is 19.7 Å². The maximum Gasteiger partial charge on any atom is 0.224 e. The third-order valence-electron chi connectivity index (χ3n) is 2.46. The Balaban J connectivity index is 2.34. The summed E-state index contributed by atoms with van der Waals surface area (Å²) in [6.07, 6.45) is 4.88. The molecule has 0 aliphatic carbocycles. The molecule has 0 bridgehead atoms. The van der Waals surface area contributed by atoms with Crippen LogP contribution in [0.25, 0.3) is 0 Å². The molecule has 6 heteroatoms. The van der Waals surface area contributed by atoms with Gasteiger partial charge in [0.05, 0.1) is 12.8 Å². The quantitative estimate of drug-likeness (QED) is 0.647. The Morgan fingerprint density at radius 1 is 1.16 bits per heavy atom. The van der Waals surface area contributed by atoms with Crippen molar-refractivity contribution in [2.75, 3.05) is 36.9 Å². The Morgan fingerprint density at radius 3 is 2.74 bits per heavy atom. The number of halogens is 1. The van der Waals surface area contributed by atoms with E-state index >= 15 is 0 Å². The lowest BCUT2D eigenvalue weighted by atomic mass is 10.4. The second-order valence-corrected chi connectivity index (χ2v) is 4.62. The molecular weight excluding hydrogens is 264 g/mol. The Morgan fingerprint density at radius 2 is 2.00 bits per heavy atom. The Hall–Kier alpha value is -1.07. The Labute approximate surface area is 120 Å². The fourth-order valence-corrected chi connectivity index (χ4v) is 1.56. The van der Waals surface area contributed by atoms with Gasteiger partial charge in [-0.1, -0.05) is 31.9 Å². The highest BCUT2D eigenvalue weighted by Gasteiger charge is 2.04. The van der Waals surface area contributed by atoms with E-state index in [1.54, 1.807) is 6.20 Å². The maximum absolute atomic E-state index is 6.04. The molecule has 2 N–H and O–H groups in total. The summed E-state index contributed by atoms with van der Waals surface area (Å²) in [6, 6.07) is 0. The second kappa shape index (κ2) is 9.81. The number of unbranched alkanes of at least 4 members (excludes halogenated alkanes) is 1. The molecule has 0 atom stereocenters. The first-order valence-electron chi connectivity index (χ1n) is 6.86. The van der Waals surface area contributed by atoms with Crippen LogP contribution in [0.15, 0.2) is 6.20 Å². The number of ether oxygens (including phenoxy) is 1. The summed E-state index contributed by atoms with van der Waals surface area (Å²) in [5, 5.41) is 6.81. The molecule has 0 spiro atoms. The van der Waals surface area contributed by atoms with Crippen LogP contribution in [-0.4, -0.2) is 36.3 Å². The van der Waals surface area contributed by atoms with Gasteiger partial charge in [-0.05, 0) is 12.8 Å². The van der Waals surface area contributed by atoms with E-state index in [9.17, 15) is 0 Å². The molecular formula is C13H23ClN4O. The van der Waals surface area contributed by atoms with Gasteiger partial charge in [0.1, 0.15) is 5.02 Å². The van der Waals surface area contributed by atoms with Crippen molar-refractivity contribution in [3.8, 4) is 0 Å². The first-order valence-corrected chi connectivity index (χ1v) is 7.23. The third-order valence-corrected chi connectivity index (χ3v) is 2.73. The van der Waals surface area contributed by atoms with Crippen LogP contribution in [0, 0.1) is 0 Å². The summed E-state index contributed by atoms with van der Waals surface area (Å²) in [5.74, 6) is 1.25. The number of nitrogens with one attached hydrogen (secondary N) is 2. The van der Waals surface area contributed by atoms with Gasteiger partial charge in [-0.15, -0.1) is 0 Å². The Kier molecular flexibility index (Phi) is 8.25. The van der Waals surface area contributed by atoms with Gasteiger partial charge in [-0.3, -0.25) is 0 Å². The number of aromatic nitrogens is 2. The van der Waals surface area contributed by atoms with Crippen molar-refractivity contribution in [2.45, 2.75) is 33.1 Å². The monoisotopic (exact) mass is 286 g/mol. The third kappa shape index (κ3) is 6.59. The topological polar surface area (TPSA) is 59.1 Å². The van der Waals surface area contributed by atoms with Crippen LogP contribution in [0.2, 0.25) is 5.02 Å². The molecule has 1 aromatic heterocycles. The molecule has 1 aromatic rings. The van der Waals surface area contributed by atoms with Gasteiger partial charge >= 0.3 is 0 Å². The van der Waals surface area contributed by atoms with Crippen molar-refractivity contribution in [2.24, 2.45) is 0 Å². The van der Waals surface area contributed by atoms with Crippen molar-refractivity contribution in [3.63, 3.8) is 0 Å². The highest BCUT2D eigenvalue weighted by molar-refractivity contribution is 6.32. The molecule has 19 heavy (non-hydrogen) atoms. The molecule has 0 radical (unpaired) electrons. The zero-order valence-corrected chi connectivity index (χ0v) is 12.5. The van der Waals surface area contributed by atoms with Gasteiger partial charge in [-0.2, -0.15) is 4.98 Å². The van der Waals surface area contributed by atoms with E-state index in [1.807, 2.05) is 0 Å². The van der Waals surface area contributed by atoms with E-state index in [1.165, 1.54) is 0 Å². The van der Waals surface area contributed by atoms with Crippen LogP contribution in [-0.2, 0) is 4.74 Å². The Bertz CT molecular complexity index is 362. The van der Waals surface area contributed by atoms with E-state index in [-0.39, 0.29) is 0 Å². The minimum atomic E-state index is 0.524. The average molecular weight is 287 g/mol. The fraction of sp³-hybridized carbons (Fsp3) is 0.692. The van der Waals surface area contributed by atoms with E-state index in [0.717, 1.165) is 32.4 Å². The fourth-order valence-electron chi connectivity index (χ4n) is 1.40. The molecule has 1 rings (SSSR count). The molecule has 108 valence electrons. The SMILES string of the molecule is CCCCOCCNc1nc(NCCC)ncc1Cl. The first-order chi connectivity index (χ1) is 9.27. The van der Waals surface area contributed by atoms with Crippen LogP contribution < -0.4 is 10.6 Å². The van der Waals surface area contributed by atoms with E-state index in [0.29, 0.717) is 29.9 Å². The summed E-state index contributed by atoms with van der Waals surface area (Å²) in [4.78, 5) is 8.44. The zero-order chi connectivity index (χ0) is 13.9. The van der Waals surface area contributed by atoms with Crippen molar-refractivity contribution >= 4 is 23.4 Å². The summed E-state index contributed by atoms with van der Waals surface area (Å²) < 4.78 is 5.47. The van der Waals surface area contributed by atoms with Gasteiger partial charge in [0.25, 0.3) is 0 Å². The van der Waals surface area contributed by atoms with Crippen LogP contribution in [0.3, 0.4) is 0 Å². The van der Waals surface area contributed by atoms with Gasteiger partial charge in [0.15, 0.2) is 5.82 Å². The van der Waals surface area contributed by atoms with Gasteiger partial charge in [0.2, 0.25) is 5.95 Å². The summed E-state index contributed by atoms with van der Waals surface area (Å²) >= 11 is 6.04. The molecule has 0 aliphatic rings. The standard InChI is InChI=1S/C13H23ClN4O/c1-3-5-8-19-9-7-15-12-11(14)10-17-13(18-12)16-6-4-2/h10H,3-9H2,1-2H3,(H2,15,16,17,18). The summed E-state index contributed by atoms with van der Waals surface area (Å²) in [7, 11) is 0. The van der Waals surface area contributed by atoms with E-state index < -0.39 is 0 Å². The molecule has 1 heterocycles.